The van der Waals surface area contributed by atoms with Crippen molar-refractivity contribution in [2.24, 2.45) is 23.9 Å². The number of nitrogens with zero attached hydrogens (tertiary/aromatic N) is 4. The predicted molar refractivity (Wildman–Crippen MR) is 131 cm³/mol. The number of ether oxygens (including phenoxy) is 1. The van der Waals surface area contributed by atoms with Crippen molar-refractivity contribution in [3.05, 3.63) is 41.5 Å². The maximum absolute atomic E-state index is 5.24. The van der Waals surface area contributed by atoms with Crippen LogP contribution >= 0.6 is 24.0 Å². The van der Waals surface area contributed by atoms with Gasteiger partial charge in [-0.25, -0.2) is 4.99 Å². The zero-order valence-corrected chi connectivity index (χ0v) is 21.0. The monoisotopic (exact) mass is 526 g/mol. The highest BCUT2D eigenvalue weighted by atomic mass is 127. The molecule has 0 spiro atoms. The van der Waals surface area contributed by atoms with Gasteiger partial charge in [0.1, 0.15) is 11.6 Å². The number of aliphatic imine (C=N–C) groups is 1. The summed E-state index contributed by atoms with van der Waals surface area (Å²) < 4.78 is 7.24. The summed E-state index contributed by atoms with van der Waals surface area (Å²) in [5, 5.41) is 15.5. The number of methoxy groups -OCH3 is 1. The minimum absolute atomic E-state index is 0. The van der Waals surface area contributed by atoms with E-state index in [9.17, 15) is 0 Å². The van der Waals surface area contributed by atoms with Gasteiger partial charge in [-0.3, -0.25) is 0 Å². The second-order valence-corrected chi connectivity index (χ2v) is 8.35. The lowest BCUT2D eigenvalue weighted by Gasteiger charge is -2.33. The van der Waals surface area contributed by atoms with E-state index in [2.05, 4.69) is 46.8 Å². The van der Waals surface area contributed by atoms with Crippen molar-refractivity contribution >= 4 is 29.9 Å². The fraction of sp³-hybridized carbons (Fsp3) is 0.591. The average molecular weight is 526 g/mol. The first kappa shape index (κ1) is 24.4. The van der Waals surface area contributed by atoms with Gasteiger partial charge in [-0.15, -0.1) is 34.2 Å². The van der Waals surface area contributed by atoms with E-state index in [1.807, 2.05) is 30.7 Å². The molecule has 166 valence electrons. The molecule has 2 atom stereocenters. The molecule has 3 rings (SSSR count). The molecule has 0 bridgehead atoms. The molecule has 0 aliphatic heterocycles. The highest BCUT2D eigenvalue weighted by molar-refractivity contribution is 14.0. The number of aromatic nitrogens is 3. The second kappa shape index (κ2) is 11.5. The van der Waals surface area contributed by atoms with Crippen LogP contribution in [0.25, 0.3) is 0 Å². The first-order valence-corrected chi connectivity index (χ1v) is 10.5. The molecule has 1 fully saturated rings. The molecule has 2 N–H and O–H groups in total. The molecule has 1 saturated carbocycles. The summed E-state index contributed by atoms with van der Waals surface area (Å²) in [6, 6.07) is 8.49. The van der Waals surface area contributed by atoms with Gasteiger partial charge in [0.05, 0.1) is 20.2 Å². The minimum atomic E-state index is 0. The topological polar surface area (TPSA) is 76.4 Å². The number of rotatable bonds is 6. The normalized spacial score (nSPS) is 21.6. The predicted octanol–water partition coefficient (Wildman–Crippen LogP) is 3.81. The van der Waals surface area contributed by atoms with E-state index < -0.39 is 0 Å². The summed E-state index contributed by atoms with van der Waals surface area (Å²) >= 11 is 0. The van der Waals surface area contributed by atoms with Crippen LogP contribution in [0, 0.1) is 18.8 Å². The van der Waals surface area contributed by atoms with Crippen LogP contribution in [-0.4, -0.2) is 33.9 Å². The van der Waals surface area contributed by atoms with Crippen molar-refractivity contribution in [2.45, 2.75) is 59.2 Å². The van der Waals surface area contributed by atoms with E-state index in [0.29, 0.717) is 19.1 Å². The summed E-state index contributed by atoms with van der Waals surface area (Å²) in [6.07, 6.45) is 3.66. The van der Waals surface area contributed by atoms with Crippen LogP contribution in [0.5, 0.6) is 5.75 Å². The number of benzene rings is 1. The molecule has 0 amide bonds. The largest absolute Gasteiger partial charge is 0.497 e. The molecule has 1 aliphatic carbocycles. The molecule has 2 unspecified atom stereocenters. The summed E-state index contributed by atoms with van der Waals surface area (Å²) in [4.78, 5) is 4.84. The number of hydrogen-bond donors (Lipinski definition) is 2. The number of nitrogens with one attached hydrogen (secondary N) is 2. The van der Waals surface area contributed by atoms with E-state index in [4.69, 9.17) is 9.73 Å². The number of aryl methyl sites for hydroxylation is 1. The Labute approximate surface area is 197 Å². The Hall–Kier alpha value is -1.84. The van der Waals surface area contributed by atoms with Crippen molar-refractivity contribution in [2.75, 3.05) is 7.11 Å². The zero-order chi connectivity index (χ0) is 20.8. The lowest BCUT2D eigenvalue weighted by Crippen LogP contribution is -2.46. The quantitative estimate of drug-likeness (QED) is 0.340. The molecule has 1 aliphatic rings. The van der Waals surface area contributed by atoms with Crippen LogP contribution < -0.4 is 15.4 Å². The third-order valence-corrected chi connectivity index (χ3v) is 5.69. The Morgan fingerprint density at radius 3 is 2.37 bits per heavy atom. The molecule has 1 aromatic heterocycles. The second-order valence-electron chi connectivity index (χ2n) is 8.35. The lowest BCUT2D eigenvalue weighted by molar-refractivity contribution is 0.255. The summed E-state index contributed by atoms with van der Waals surface area (Å²) in [5.74, 6) is 4.96. The summed E-state index contributed by atoms with van der Waals surface area (Å²) in [7, 11) is 3.66. The molecule has 2 aromatic rings. The van der Waals surface area contributed by atoms with Gasteiger partial charge in [0.2, 0.25) is 0 Å². The van der Waals surface area contributed by atoms with Crippen LogP contribution in [0.2, 0.25) is 0 Å². The summed E-state index contributed by atoms with van der Waals surface area (Å²) in [5.41, 5.74) is 1.15. The smallest absolute Gasteiger partial charge is 0.192 e. The number of halogens is 1. The average Bonchev–Trinajstić information content (AvgIpc) is 3.01. The van der Waals surface area contributed by atoms with Crippen LogP contribution in [-0.2, 0) is 20.1 Å². The third-order valence-electron chi connectivity index (χ3n) is 5.69. The van der Waals surface area contributed by atoms with Gasteiger partial charge in [-0.2, -0.15) is 0 Å². The molecule has 30 heavy (non-hydrogen) atoms. The van der Waals surface area contributed by atoms with Gasteiger partial charge < -0.3 is 19.9 Å². The van der Waals surface area contributed by atoms with Crippen molar-refractivity contribution in [3.8, 4) is 5.75 Å². The molecule has 0 saturated heterocycles. The van der Waals surface area contributed by atoms with E-state index >= 15 is 0 Å². The number of hydrogen-bond acceptors (Lipinski definition) is 4. The van der Waals surface area contributed by atoms with Gasteiger partial charge in [0.15, 0.2) is 11.8 Å². The van der Waals surface area contributed by atoms with Crippen LogP contribution in [0.15, 0.2) is 29.3 Å². The standard InChI is InChI=1S/C22H34N6O.HI/c1-15-10-16(2)12-19(11-15)25-22(24-14-21-27-26-17(3)28(21)4)23-13-18-6-8-20(29-5)9-7-18;/h6-9,15-16,19H,10-14H2,1-5H3,(H2,23,24,25);1H. The summed E-state index contributed by atoms with van der Waals surface area (Å²) in [6.45, 7) is 7.83. The van der Waals surface area contributed by atoms with E-state index in [1.54, 1.807) is 7.11 Å². The van der Waals surface area contributed by atoms with E-state index in [1.165, 1.54) is 19.3 Å². The molecule has 1 heterocycles. The highest BCUT2D eigenvalue weighted by Gasteiger charge is 2.24. The number of guanidine groups is 1. The third kappa shape index (κ3) is 6.85. The molecular weight excluding hydrogens is 491 g/mol. The maximum atomic E-state index is 5.24. The van der Waals surface area contributed by atoms with Crippen molar-refractivity contribution in [1.29, 1.82) is 0 Å². The SMILES string of the molecule is COc1ccc(CN=C(NCc2nnc(C)n2C)NC2CC(C)CC(C)C2)cc1.I. The first-order chi connectivity index (χ1) is 13.9. The van der Waals surface area contributed by atoms with Gasteiger partial charge in [0, 0.05) is 13.1 Å². The minimum Gasteiger partial charge on any atom is -0.497 e. The highest BCUT2D eigenvalue weighted by Crippen LogP contribution is 2.28. The van der Waals surface area contributed by atoms with E-state index in [-0.39, 0.29) is 24.0 Å². The van der Waals surface area contributed by atoms with Crippen LogP contribution in [0.1, 0.15) is 50.3 Å². The lowest BCUT2D eigenvalue weighted by atomic mass is 9.80. The van der Waals surface area contributed by atoms with Gasteiger partial charge in [-0.1, -0.05) is 26.0 Å². The van der Waals surface area contributed by atoms with Gasteiger partial charge >= 0.3 is 0 Å². The fourth-order valence-corrected chi connectivity index (χ4v) is 4.08. The first-order valence-electron chi connectivity index (χ1n) is 10.5. The Kier molecular flexibility index (Phi) is 9.38. The fourth-order valence-electron chi connectivity index (χ4n) is 4.08. The van der Waals surface area contributed by atoms with E-state index in [0.717, 1.165) is 40.8 Å². The Balaban J connectivity index is 0.00000320. The Bertz CT molecular complexity index is 810. The van der Waals surface area contributed by atoms with Crippen molar-refractivity contribution in [3.63, 3.8) is 0 Å². The Morgan fingerprint density at radius 2 is 1.80 bits per heavy atom. The molecule has 7 nitrogen and oxygen atoms in total. The van der Waals surface area contributed by atoms with Crippen molar-refractivity contribution < 1.29 is 4.74 Å². The zero-order valence-electron chi connectivity index (χ0n) is 18.7. The molecular formula is C22H35IN6O. The Morgan fingerprint density at radius 1 is 1.13 bits per heavy atom. The molecule has 1 aromatic carbocycles. The maximum Gasteiger partial charge on any atom is 0.192 e. The molecule has 8 heteroatoms. The van der Waals surface area contributed by atoms with Crippen molar-refractivity contribution in [1.82, 2.24) is 25.4 Å². The van der Waals surface area contributed by atoms with Crippen LogP contribution in [0.4, 0.5) is 0 Å². The van der Waals surface area contributed by atoms with Crippen LogP contribution in [0.3, 0.4) is 0 Å². The van der Waals surface area contributed by atoms with Gasteiger partial charge in [-0.05, 0) is 55.7 Å². The van der Waals surface area contributed by atoms with Gasteiger partial charge in [0.25, 0.3) is 0 Å². The molecule has 0 radical (unpaired) electrons.